The van der Waals surface area contributed by atoms with Gasteiger partial charge in [0, 0.05) is 10.0 Å². The minimum Gasteiger partial charge on any atom is -0.300 e. The highest BCUT2D eigenvalue weighted by Gasteiger charge is 2.23. The van der Waals surface area contributed by atoms with Gasteiger partial charge in [-0.2, -0.15) is 0 Å². The Labute approximate surface area is 146 Å². The number of hydrogen-bond acceptors (Lipinski definition) is 3. The topological polar surface area (TPSA) is 41.5 Å². The highest BCUT2D eigenvalue weighted by Crippen LogP contribution is 2.30. The molecule has 0 saturated carbocycles. The molecule has 0 spiro atoms. The summed E-state index contributed by atoms with van der Waals surface area (Å²) in [5.41, 5.74) is 1.28. The van der Waals surface area contributed by atoms with Crippen molar-refractivity contribution in [2.45, 2.75) is 0 Å². The van der Waals surface area contributed by atoms with Gasteiger partial charge in [-0.3, -0.25) is 4.79 Å². The molecule has 23 heavy (non-hydrogen) atoms. The summed E-state index contributed by atoms with van der Waals surface area (Å²) in [6.07, 6.45) is 1.67. The molecule has 3 rings (SSSR count). The van der Waals surface area contributed by atoms with Gasteiger partial charge in [0.2, 0.25) is 0 Å². The zero-order valence-corrected chi connectivity index (χ0v) is 13.8. The Balaban J connectivity index is 1.84. The van der Waals surface area contributed by atoms with Crippen LogP contribution in [0.15, 0.2) is 52.4 Å². The fourth-order valence-corrected chi connectivity index (χ4v) is 3.27. The van der Waals surface area contributed by atoms with E-state index in [1.54, 1.807) is 36.4 Å². The number of nitrogens with one attached hydrogen (secondary N) is 1. The van der Waals surface area contributed by atoms with E-state index in [1.165, 1.54) is 23.9 Å². The third-order valence-electron chi connectivity index (χ3n) is 2.90. The van der Waals surface area contributed by atoms with Crippen LogP contribution >= 0.6 is 35.0 Å². The van der Waals surface area contributed by atoms with Crippen LogP contribution < -0.4 is 5.32 Å². The molecule has 1 aliphatic heterocycles. The molecule has 1 N–H and O–H groups in total. The number of amides is 1. The molecule has 0 unspecified atom stereocenters. The Bertz CT molecular complexity index is 814. The maximum Gasteiger partial charge on any atom is 0.264 e. The van der Waals surface area contributed by atoms with E-state index in [-0.39, 0.29) is 11.7 Å². The van der Waals surface area contributed by atoms with E-state index in [4.69, 9.17) is 23.2 Å². The normalized spacial score (nSPS) is 17.8. The molecule has 1 amide bonds. The summed E-state index contributed by atoms with van der Waals surface area (Å²) in [7, 11) is 0. The molecular weight excluding hydrogens is 358 g/mol. The first-order valence-electron chi connectivity index (χ1n) is 6.51. The molecular formula is C16H9Cl2FN2OS. The Morgan fingerprint density at radius 2 is 1.74 bits per heavy atom. The summed E-state index contributed by atoms with van der Waals surface area (Å²) in [5, 5.41) is 4.03. The van der Waals surface area contributed by atoms with Crippen LogP contribution in [0.25, 0.3) is 6.08 Å². The van der Waals surface area contributed by atoms with E-state index in [9.17, 15) is 9.18 Å². The summed E-state index contributed by atoms with van der Waals surface area (Å²) < 4.78 is 12.9. The number of aliphatic imine (C=N–C) groups is 1. The average Bonchev–Trinajstić information content (AvgIpc) is 2.80. The van der Waals surface area contributed by atoms with Gasteiger partial charge < -0.3 is 5.32 Å². The second kappa shape index (κ2) is 6.74. The van der Waals surface area contributed by atoms with Crippen LogP contribution in [0.4, 0.5) is 10.1 Å². The lowest BCUT2D eigenvalue weighted by Crippen LogP contribution is -2.19. The summed E-state index contributed by atoms with van der Waals surface area (Å²) in [5.74, 6) is -0.582. The molecule has 0 radical (unpaired) electrons. The van der Waals surface area contributed by atoms with Crippen LogP contribution in [0.3, 0.4) is 0 Å². The van der Waals surface area contributed by atoms with Crippen molar-refractivity contribution in [2.24, 2.45) is 4.99 Å². The van der Waals surface area contributed by atoms with E-state index in [0.717, 1.165) is 5.56 Å². The van der Waals surface area contributed by atoms with Crippen LogP contribution in [-0.4, -0.2) is 11.1 Å². The Morgan fingerprint density at radius 1 is 1.09 bits per heavy atom. The summed E-state index contributed by atoms with van der Waals surface area (Å²) in [4.78, 5) is 16.8. The fourth-order valence-electron chi connectivity index (χ4n) is 1.91. The van der Waals surface area contributed by atoms with Crippen molar-refractivity contribution in [3.05, 3.63) is 68.8 Å². The van der Waals surface area contributed by atoms with Crippen molar-refractivity contribution in [3.63, 3.8) is 0 Å². The third-order valence-corrected chi connectivity index (χ3v) is 4.24. The van der Waals surface area contributed by atoms with E-state index in [0.29, 0.717) is 25.8 Å². The van der Waals surface area contributed by atoms with E-state index >= 15 is 0 Å². The Morgan fingerprint density at radius 3 is 2.39 bits per heavy atom. The smallest absolute Gasteiger partial charge is 0.264 e. The first kappa shape index (κ1) is 16.1. The van der Waals surface area contributed by atoms with Crippen molar-refractivity contribution in [3.8, 4) is 0 Å². The molecule has 2 aromatic carbocycles. The molecule has 1 fully saturated rings. The molecule has 2 aromatic rings. The zero-order valence-electron chi connectivity index (χ0n) is 11.5. The van der Waals surface area contributed by atoms with Gasteiger partial charge in [-0.15, -0.1) is 0 Å². The van der Waals surface area contributed by atoms with Crippen LogP contribution in [0.2, 0.25) is 10.0 Å². The molecule has 0 bridgehead atoms. The Hall–Kier alpha value is -1.82. The number of hydrogen-bond donors (Lipinski definition) is 1. The van der Waals surface area contributed by atoms with Gasteiger partial charge in [0.05, 0.1) is 10.6 Å². The van der Waals surface area contributed by atoms with E-state index in [2.05, 4.69) is 10.3 Å². The van der Waals surface area contributed by atoms with Gasteiger partial charge in [0.25, 0.3) is 5.91 Å². The van der Waals surface area contributed by atoms with Gasteiger partial charge in [0.1, 0.15) is 5.82 Å². The maximum absolute atomic E-state index is 12.9. The minimum absolute atomic E-state index is 0.258. The number of thioether (sulfide) groups is 1. The van der Waals surface area contributed by atoms with Crippen molar-refractivity contribution in [1.82, 2.24) is 5.32 Å². The lowest BCUT2D eigenvalue weighted by atomic mass is 10.2. The molecule has 7 heteroatoms. The first-order chi connectivity index (χ1) is 11.0. The standard InChI is InChI=1S/C16H9Cl2FN2OS/c17-10-6-11(18)8-13(7-10)20-16-21-15(22)14(23-16)5-9-1-3-12(19)4-2-9/h1-8H,(H,20,21,22)/b14-5-. The van der Waals surface area contributed by atoms with Gasteiger partial charge in [-0.25, -0.2) is 9.38 Å². The van der Waals surface area contributed by atoms with Crippen molar-refractivity contribution in [2.75, 3.05) is 0 Å². The lowest BCUT2D eigenvalue weighted by molar-refractivity contribution is -0.115. The van der Waals surface area contributed by atoms with Gasteiger partial charge in [-0.05, 0) is 53.7 Å². The second-order valence-corrected chi connectivity index (χ2v) is 6.56. The number of carbonyl (C=O) groups excluding carboxylic acids is 1. The van der Waals surface area contributed by atoms with Gasteiger partial charge >= 0.3 is 0 Å². The fraction of sp³-hybridized carbons (Fsp3) is 0. The number of halogens is 3. The SMILES string of the molecule is O=C1NC(=Nc2cc(Cl)cc(Cl)c2)S/C1=C\c1ccc(F)cc1. The molecule has 1 aliphatic rings. The van der Waals surface area contributed by atoms with Crippen LogP contribution in [0.1, 0.15) is 5.56 Å². The quantitative estimate of drug-likeness (QED) is 0.757. The van der Waals surface area contributed by atoms with Gasteiger partial charge in [0.15, 0.2) is 5.17 Å². The number of benzene rings is 2. The molecule has 0 atom stereocenters. The predicted molar refractivity (Wildman–Crippen MR) is 93.7 cm³/mol. The minimum atomic E-state index is -0.323. The van der Waals surface area contributed by atoms with Crippen molar-refractivity contribution < 1.29 is 9.18 Å². The number of carbonyl (C=O) groups is 1. The molecule has 0 aliphatic carbocycles. The molecule has 116 valence electrons. The van der Waals surface area contributed by atoms with Crippen LogP contribution in [-0.2, 0) is 4.79 Å². The molecule has 0 aromatic heterocycles. The molecule has 3 nitrogen and oxygen atoms in total. The summed E-state index contributed by atoms with van der Waals surface area (Å²) in [6, 6.07) is 10.8. The Kier molecular flexibility index (Phi) is 4.71. The molecule has 1 heterocycles. The van der Waals surface area contributed by atoms with Crippen LogP contribution in [0, 0.1) is 5.82 Å². The highest BCUT2D eigenvalue weighted by atomic mass is 35.5. The summed E-state index contributed by atoms with van der Waals surface area (Å²) in [6.45, 7) is 0. The largest absolute Gasteiger partial charge is 0.300 e. The van der Waals surface area contributed by atoms with Gasteiger partial charge in [-0.1, -0.05) is 35.3 Å². The third kappa shape index (κ3) is 4.13. The lowest BCUT2D eigenvalue weighted by Gasteiger charge is -1.98. The van der Waals surface area contributed by atoms with E-state index in [1.807, 2.05) is 0 Å². The molecule has 1 saturated heterocycles. The average molecular weight is 367 g/mol. The second-order valence-electron chi connectivity index (χ2n) is 4.66. The number of rotatable bonds is 2. The highest BCUT2D eigenvalue weighted by molar-refractivity contribution is 8.18. The number of amidine groups is 1. The monoisotopic (exact) mass is 366 g/mol. The van der Waals surface area contributed by atoms with Crippen molar-refractivity contribution >= 4 is 57.8 Å². The number of nitrogens with zero attached hydrogens (tertiary/aromatic N) is 1. The zero-order chi connectivity index (χ0) is 16.4. The maximum atomic E-state index is 12.9. The van der Waals surface area contributed by atoms with E-state index < -0.39 is 0 Å². The first-order valence-corrected chi connectivity index (χ1v) is 8.08. The van der Waals surface area contributed by atoms with Crippen molar-refractivity contribution in [1.29, 1.82) is 0 Å². The van der Waals surface area contributed by atoms with Crippen LogP contribution in [0.5, 0.6) is 0 Å². The summed E-state index contributed by atoms with van der Waals surface area (Å²) >= 11 is 13.0. The predicted octanol–water partition coefficient (Wildman–Crippen LogP) is 5.02.